The maximum Gasteiger partial charge on any atom is 0.251 e. The first-order valence-electron chi connectivity index (χ1n) is 13.8. The summed E-state index contributed by atoms with van der Waals surface area (Å²) in [6, 6.07) is 16.3. The highest BCUT2D eigenvalue weighted by atomic mass is 32.2. The summed E-state index contributed by atoms with van der Waals surface area (Å²) in [7, 11) is -2.11. The number of ether oxygens (including phenoxy) is 1. The Labute approximate surface area is 246 Å². The van der Waals surface area contributed by atoms with Crippen LogP contribution in [-0.4, -0.2) is 64.6 Å². The summed E-state index contributed by atoms with van der Waals surface area (Å²) in [6.07, 6.45) is 1.28. The van der Waals surface area contributed by atoms with Gasteiger partial charge >= 0.3 is 0 Å². The maximum absolute atomic E-state index is 13.9. The van der Waals surface area contributed by atoms with Crippen LogP contribution in [-0.2, 0) is 34.1 Å². The Hall–Kier alpha value is -3.38. The average Bonchev–Trinajstić information content (AvgIpc) is 2.94. The Morgan fingerprint density at radius 2 is 1.69 bits per heavy atom. The molecule has 0 radical (unpaired) electrons. The minimum Gasteiger partial charge on any atom is -0.390 e. The van der Waals surface area contributed by atoms with Gasteiger partial charge in [0.2, 0.25) is 10.0 Å². The van der Waals surface area contributed by atoms with Crippen molar-refractivity contribution in [1.29, 1.82) is 0 Å². The highest BCUT2D eigenvalue weighted by Crippen LogP contribution is 2.20. The Balaban J connectivity index is 1.79. The number of rotatable bonds is 16. The number of nitrogens with zero attached hydrogens (tertiary/aromatic N) is 1. The number of sulfonamides is 1. The van der Waals surface area contributed by atoms with E-state index < -0.39 is 39.7 Å². The van der Waals surface area contributed by atoms with E-state index in [0.29, 0.717) is 25.3 Å². The number of aryl methyl sites for hydroxylation is 1. The number of hydrogen-bond acceptors (Lipinski definition) is 6. The van der Waals surface area contributed by atoms with Gasteiger partial charge in [-0.25, -0.2) is 17.2 Å². The van der Waals surface area contributed by atoms with E-state index in [1.54, 1.807) is 12.1 Å². The fraction of sp³-hybridized carbons (Fsp3) is 0.387. The summed E-state index contributed by atoms with van der Waals surface area (Å²) in [6.45, 7) is 3.17. The molecule has 11 heteroatoms. The van der Waals surface area contributed by atoms with Crippen molar-refractivity contribution < 1.29 is 31.8 Å². The standard InChI is InChI=1S/C31H39F2N3O5S/c1-4-22-8-5-9-23(14-22)20-34-21-30(37)29(17-24-15-26(32)19-27(33)16-24)35-31(38)25-10-6-11-28(18-25)36(42(3,39)40)12-7-13-41-2/h5-6,8-11,14-16,18-19,29-30,34,37H,4,7,12-13,17,20-21H2,1-3H3,(H,35,38). The first kappa shape index (κ1) is 33.1. The molecule has 0 aliphatic rings. The predicted molar refractivity (Wildman–Crippen MR) is 160 cm³/mol. The number of benzene rings is 3. The molecule has 3 rings (SSSR count). The zero-order chi connectivity index (χ0) is 30.7. The lowest BCUT2D eigenvalue weighted by Crippen LogP contribution is -2.48. The Morgan fingerprint density at radius 3 is 2.36 bits per heavy atom. The second-order valence-electron chi connectivity index (χ2n) is 10.2. The van der Waals surface area contributed by atoms with Gasteiger partial charge in [-0.15, -0.1) is 0 Å². The van der Waals surface area contributed by atoms with Crippen LogP contribution < -0.4 is 14.9 Å². The molecular weight excluding hydrogens is 564 g/mol. The smallest absolute Gasteiger partial charge is 0.251 e. The monoisotopic (exact) mass is 603 g/mol. The van der Waals surface area contributed by atoms with Crippen molar-refractivity contribution in [3.05, 3.63) is 101 Å². The van der Waals surface area contributed by atoms with Gasteiger partial charge in [-0.3, -0.25) is 9.10 Å². The summed E-state index contributed by atoms with van der Waals surface area (Å²) in [5.74, 6) is -2.10. The van der Waals surface area contributed by atoms with E-state index in [-0.39, 0.29) is 30.6 Å². The van der Waals surface area contributed by atoms with Gasteiger partial charge in [0, 0.05) is 45.0 Å². The number of anilines is 1. The number of carbonyl (C=O) groups is 1. The van der Waals surface area contributed by atoms with Gasteiger partial charge < -0.3 is 20.5 Å². The molecule has 1 amide bonds. The molecule has 42 heavy (non-hydrogen) atoms. The van der Waals surface area contributed by atoms with E-state index in [2.05, 4.69) is 23.6 Å². The van der Waals surface area contributed by atoms with Crippen LogP contribution in [0.4, 0.5) is 14.5 Å². The first-order valence-corrected chi connectivity index (χ1v) is 15.6. The van der Waals surface area contributed by atoms with Crippen molar-refractivity contribution in [3.63, 3.8) is 0 Å². The van der Waals surface area contributed by atoms with Crippen LogP contribution in [0.25, 0.3) is 0 Å². The van der Waals surface area contributed by atoms with Gasteiger partial charge in [0.05, 0.1) is 24.1 Å². The number of methoxy groups -OCH3 is 1. The third kappa shape index (κ3) is 10.2. The summed E-state index contributed by atoms with van der Waals surface area (Å²) in [4.78, 5) is 13.4. The molecule has 0 saturated carbocycles. The van der Waals surface area contributed by atoms with Crippen molar-refractivity contribution in [2.75, 3.05) is 37.4 Å². The van der Waals surface area contributed by atoms with E-state index in [9.17, 15) is 27.1 Å². The van der Waals surface area contributed by atoms with Gasteiger partial charge in [0.15, 0.2) is 0 Å². The molecule has 3 aromatic rings. The topological polar surface area (TPSA) is 108 Å². The molecule has 3 N–H and O–H groups in total. The lowest BCUT2D eigenvalue weighted by atomic mass is 10.00. The molecular formula is C31H39F2N3O5S. The van der Waals surface area contributed by atoms with Crippen LogP contribution in [0.3, 0.4) is 0 Å². The van der Waals surface area contributed by atoms with Crippen molar-refractivity contribution in [1.82, 2.24) is 10.6 Å². The molecule has 0 fully saturated rings. The molecule has 0 aromatic heterocycles. The molecule has 2 unspecified atom stereocenters. The third-order valence-electron chi connectivity index (χ3n) is 6.75. The van der Waals surface area contributed by atoms with E-state index in [0.717, 1.165) is 36.4 Å². The van der Waals surface area contributed by atoms with Crippen LogP contribution >= 0.6 is 0 Å². The minimum absolute atomic E-state index is 0.0409. The van der Waals surface area contributed by atoms with Crippen molar-refractivity contribution in [2.24, 2.45) is 0 Å². The third-order valence-corrected chi connectivity index (χ3v) is 7.94. The second kappa shape index (κ2) is 15.7. The zero-order valence-corrected chi connectivity index (χ0v) is 25.0. The molecule has 0 saturated heterocycles. The maximum atomic E-state index is 13.9. The number of hydrogen-bond donors (Lipinski definition) is 3. The lowest BCUT2D eigenvalue weighted by Gasteiger charge is -2.26. The fourth-order valence-electron chi connectivity index (χ4n) is 4.63. The molecule has 0 heterocycles. The SMILES string of the molecule is CCc1cccc(CNCC(O)C(Cc2cc(F)cc(F)c2)NC(=O)c2cccc(N(CCCOC)S(C)(=O)=O)c2)c1. The molecule has 228 valence electrons. The summed E-state index contributed by atoms with van der Waals surface area (Å²) < 4.78 is 59.0. The number of carbonyl (C=O) groups excluding carboxylic acids is 1. The van der Waals surface area contributed by atoms with Gasteiger partial charge in [-0.05, 0) is 66.3 Å². The fourth-order valence-corrected chi connectivity index (χ4v) is 5.58. The second-order valence-corrected chi connectivity index (χ2v) is 12.1. The van der Waals surface area contributed by atoms with Crippen molar-refractivity contribution in [3.8, 4) is 0 Å². The first-order chi connectivity index (χ1) is 20.0. The zero-order valence-electron chi connectivity index (χ0n) is 24.1. The van der Waals surface area contributed by atoms with Crippen molar-refractivity contribution in [2.45, 2.75) is 44.9 Å². The summed E-state index contributed by atoms with van der Waals surface area (Å²) in [5, 5.41) is 17.1. The van der Waals surface area contributed by atoms with Crippen LogP contribution in [0.1, 0.15) is 40.4 Å². The molecule has 2 atom stereocenters. The van der Waals surface area contributed by atoms with Crippen LogP contribution in [0.15, 0.2) is 66.7 Å². The highest BCUT2D eigenvalue weighted by Gasteiger charge is 2.24. The predicted octanol–water partition coefficient (Wildman–Crippen LogP) is 3.82. The number of nitrogens with one attached hydrogen (secondary N) is 2. The van der Waals surface area contributed by atoms with Crippen LogP contribution in [0.2, 0.25) is 0 Å². The van der Waals surface area contributed by atoms with Crippen LogP contribution in [0.5, 0.6) is 0 Å². The largest absolute Gasteiger partial charge is 0.390 e. The van der Waals surface area contributed by atoms with E-state index in [4.69, 9.17) is 4.74 Å². The molecule has 0 aliphatic heterocycles. The van der Waals surface area contributed by atoms with E-state index >= 15 is 0 Å². The molecule has 8 nitrogen and oxygen atoms in total. The van der Waals surface area contributed by atoms with E-state index in [1.165, 1.54) is 29.1 Å². The number of aliphatic hydroxyl groups is 1. The summed E-state index contributed by atoms with van der Waals surface area (Å²) >= 11 is 0. The average molecular weight is 604 g/mol. The Morgan fingerprint density at radius 1 is 1.00 bits per heavy atom. The number of aliphatic hydroxyl groups excluding tert-OH is 1. The van der Waals surface area contributed by atoms with Gasteiger partial charge in [-0.1, -0.05) is 37.3 Å². The number of halogens is 2. The van der Waals surface area contributed by atoms with Crippen molar-refractivity contribution >= 4 is 21.6 Å². The van der Waals surface area contributed by atoms with E-state index in [1.807, 2.05) is 18.2 Å². The molecule has 0 aliphatic carbocycles. The Kier molecular flexibility index (Phi) is 12.4. The highest BCUT2D eigenvalue weighted by molar-refractivity contribution is 7.92. The van der Waals surface area contributed by atoms with Crippen LogP contribution in [0, 0.1) is 11.6 Å². The lowest BCUT2D eigenvalue weighted by molar-refractivity contribution is 0.0830. The normalized spacial score (nSPS) is 13.0. The van der Waals surface area contributed by atoms with Gasteiger partial charge in [0.25, 0.3) is 5.91 Å². The molecule has 3 aromatic carbocycles. The molecule has 0 spiro atoms. The minimum atomic E-state index is -3.64. The summed E-state index contributed by atoms with van der Waals surface area (Å²) in [5.41, 5.74) is 2.96. The number of amides is 1. The molecule has 0 bridgehead atoms. The Bertz CT molecular complexity index is 1420. The van der Waals surface area contributed by atoms with Gasteiger partial charge in [0.1, 0.15) is 11.6 Å². The van der Waals surface area contributed by atoms with Gasteiger partial charge in [-0.2, -0.15) is 0 Å². The quantitative estimate of drug-likeness (QED) is 0.215.